The Kier molecular flexibility index (Phi) is 3.76. The molecule has 0 saturated heterocycles. The minimum atomic E-state index is -0.511. The molecule has 0 bridgehead atoms. The summed E-state index contributed by atoms with van der Waals surface area (Å²) >= 11 is 0. The van der Waals surface area contributed by atoms with Crippen LogP contribution in [-0.2, 0) is 0 Å². The molecule has 23 heavy (non-hydrogen) atoms. The van der Waals surface area contributed by atoms with Crippen molar-refractivity contribution < 1.29 is 14.1 Å². The molecule has 1 atom stereocenters. The number of amides is 1. The summed E-state index contributed by atoms with van der Waals surface area (Å²) in [6.45, 7) is 1.76. The minimum absolute atomic E-state index is 0.0615. The van der Waals surface area contributed by atoms with Gasteiger partial charge in [-0.3, -0.25) is 14.9 Å². The third-order valence-corrected chi connectivity index (χ3v) is 3.37. The molecule has 3 rings (SSSR count). The van der Waals surface area contributed by atoms with E-state index in [1.807, 2.05) is 18.2 Å². The number of para-hydroxylation sites is 2. The third kappa shape index (κ3) is 3.03. The van der Waals surface area contributed by atoms with Crippen LogP contribution in [0, 0.1) is 10.1 Å². The highest BCUT2D eigenvalue weighted by atomic mass is 16.6. The number of rotatable bonds is 4. The number of non-ortho nitro benzene ring substituents is 1. The second kappa shape index (κ2) is 5.88. The van der Waals surface area contributed by atoms with Crippen molar-refractivity contribution in [3.8, 4) is 0 Å². The van der Waals surface area contributed by atoms with Crippen LogP contribution in [0.3, 0.4) is 0 Å². The van der Waals surface area contributed by atoms with E-state index in [-0.39, 0.29) is 11.6 Å². The molecule has 1 heterocycles. The maximum atomic E-state index is 12.2. The molecule has 0 saturated carbocycles. The molecule has 1 N–H and O–H groups in total. The first-order valence-electron chi connectivity index (χ1n) is 6.95. The van der Waals surface area contributed by atoms with Crippen molar-refractivity contribution in [3.63, 3.8) is 0 Å². The fourth-order valence-electron chi connectivity index (χ4n) is 2.15. The lowest BCUT2D eigenvalue weighted by Gasteiger charge is -2.10. The summed E-state index contributed by atoms with van der Waals surface area (Å²) in [5.74, 6) is 0.0520. The number of oxazole rings is 1. The van der Waals surface area contributed by atoms with E-state index in [4.69, 9.17) is 4.42 Å². The average Bonchev–Trinajstić information content (AvgIpc) is 2.99. The summed E-state index contributed by atoms with van der Waals surface area (Å²) in [5.41, 5.74) is 1.64. The molecule has 3 aromatic rings. The lowest BCUT2D eigenvalue weighted by molar-refractivity contribution is -0.384. The molecule has 0 aliphatic rings. The Bertz CT molecular complexity index is 837. The Labute approximate surface area is 131 Å². The van der Waals surface area contributed by atoms with Crippen molar-refractivity contribution in [2.24, 2.45) is 0 Å². The van der Waals surface area contributed by atoms with E-state index in [0.29, 0.717) is 17.0 Å². The third-order valence-electron chi connectivity index (χ3n) is 3.37. The monoisotopic (exact) mass is 311 g/mol. The fraction of sp³-hybridized carbons (Fsp3) is 0.125. The van der Waals surface area contributed by atoms with Crippen molar-refractivity contribution in [2.75, 3.05) is 0 Å². The van der Waals surface area contributed by atoms with Crippen molar-refractivity contribution in [1.29, 1.82) is 0 Å². The SMILES string of the molecule is CC(NC(=O)c1ccc([N+](=O)[O-])cc1)c1nc2ccccc2o1. The van der Waals surface area contributed by atoms with Crippen LogP contribution in [0.5, 0.6) is 0 Å². The van der Waals surface area contributed by atoms with Gasteiger partial charge in [-0.05, 0) is 31.2 Å². The predicted molar refractivity (Wildman–Crippen MR) is 83.0 cm³/mol. The number of aromatic nitrogens is 1. The zero-order valence-corrected chi connectivity index (χ0v) is 12.2. The number of hydrogen-bond donors (Lipinski definition) is 1. The summed E-state index contributed by atoms with van der Waals surface area (Å²) in [5, 5.41) is 13.4. The van der Waals surface area contributed by atoms with Crippen molar-refractivity contribution >= 4 is 22.7 Å². The number of benzene rings is 2. The first-order chi connectivity index (χ1) is 11.0. The summed E-state index contributed by atoms with van der Waals surface area (Å²) in [4.78, 5) is 26.6. The highest BCUT2D eigenvalue weighted by Gasteiger charge is 2.17. The second-order valence-electron chi connectivity index (χ2n) is 5.02. The smallest absolute Gasteiger partial charge is 0.269 e. The molecule has 0 aliphatic carbocycles. The fourth-order valence-corrected chi connectivity index (χ4v) is 2.15. The van der Waals surface area contributed by atoms with Gasteiger partial charge in [0, 0.05) is 17.7 Å². The van der Waals surface area contributed by atoms with E-state index < -0.39 is 11.0 Å². The zero-order valence-electron chi connectivity index (χ0n) is 12.2. The number of nitro groups is 1. The quantitative estimate of drug-likeness (QED) is 0.589. The summed E-state index contributed by atoms with van der Waals surface area (Å²) in [6, 6.07) is 12.3. The van der Waals surface area contributed by atoms with Gasteiger partial charge in [0.25, 0.3) is 11.6 Å². The number of hydrogen-bond acceptors (Lipinski definition) is 5. The van der Waals surface area contributed by atoms with Crippen LogP contribution in [0.4, 0.5) is 5.69 Å². The van der Waals surface area contributed by atoms with Gasteiger partial charge < -0.3 is 9.73 Å². The number of carbonyl (C=O) groups is 1. The van der Waals surface area contributed by atoms with Gasteiger partial charge in [0.05, 0.1) is 4.92 Å². The lowest BCUT2D eigenvalue weighted by atomic mass is 10.2. The lowest BCUT2D eigenvalue weighted by Crippen LogP contribution is -2.26. The normalized spacial score (nSPS) is 12.0. The maximum Gasteiger partial charge on any atom is 0.269 e. The van der Waals surface area contributed by atoms with Gasteiger partial charge >= 0.3 is 0 Å². The molecule has 0 aliphatic heterocycles. The highest BCUT2D eigenvalue weighted by molar-refractivity contribution is 5.94. The van der Waals surface area contributed by atoms with Gasteiger partial charge in [-0.2, -0.15) is 0 Å². The summed E-state index contributed by atoms with van der Waals surface area (Å²) < 4.78 is 5.60. The molecule has 7 heteroatoms. The van der Waals surface area contributed by atoms with Gasteiger partial charge in [-0.1, -0.05) is 12.1 Å². The van der Waals surface area contributed by atoms with Crippen LogP contribution >= 0.6 is 0 Å². The van der Waals surface area contributed by atoms with Crippen molar-refractivity contribution in [3.05, 3.63) is 70.1 Å². The molecule has 0 radical (unpaired) electrons. The molecule has 0 spiro atoms. The summed E-state index contributed by atoms with van der Waals surface area (Å²) in [6.07, 6.45) is 0. The van der Waals surface area contributed by atoms with E-state index in [0.717, 1.165) is 5.52 Å². The van der Waals surface area contributed by atoms with E-state index in [1.165, 1.54) is 24.3 Å². The van der Waals surface area contributed by atoms with Gasteiger partial charge in [0.15, 0.2) is 5.58 Å². The standard InChI is InChI=1S/C16H13N3O4/c1-10(16-18-13-4-2-3-5-14(13)23-16)17-15(20)11-6-8-12(9-7-11)19(21)22/h2-10H,1H3,(H,17,20). The largest absolute Gasteiger partial charge is 0.438 e. The van der Waals surface area contributed by atoms with Gasteiger partial charge in [0.1, 0.15) is 11.6 Å². The minimum Gasteiger partial charge on any atom is -0.438 e. The Morgan fingerprint density at radius 2 is 1.91 bits per heavy atom. The predicted octanol–water partition coefficient (Wildman–Crippen LogP) is 3.23. The van der Waals surface area contributed by atoms with E-state index in [2.05, 4.69) is 10.3 Å². The second-order valence-corrected chi connectivity index (χ2v) is 5.02. The molecule has 1 amide bonds. The van der Waals surface area contributed by atoms with E-state index in [9.17, 15) is 14.9 Å². The number of carbonyl (C=O) groups excluding carboxylic acids is 1. The Morgan fingerprint density at radius 1 is 1.22 bits per heavy atom. The van der Waals surface area contributed by atoms with Crippen molar-refractivity contribution in [2.45, 2.75) is 13.0 Å². The van der Waals surface area contributed by atoms with Crippen LogP contribution in [0.15, 0.2) is 52.9 Å². The highest BCUT2D eigenvalue weighted by Crippen LogP contribution is 2.20. The number of nitro benzene ring substituents is 1. The first-order valence-corrected chi connectivity index (χ1v) is 6.95. The van der Waals surface area contributed by atoms with Crippen LogP contribution in [0.2, 0.25) is 0 Å². The summed E-state index contributed by atoms with van der Waals surface area (Å²) in [7, 11) is 0. The molecular formula is C16H13N3O4. The van der Waals surface area contributed by atoms with Gasteiger partial charge in [-0.25, -0.2) is 4.98 Å². The van der Waals surface area contributed by atoms with Crippen LogP contribution in [0.1, 0.15) is 29.2 Å². The molecule has 116 valence electrons. The van der Waals surface area contributed by atoms with Crippen LogP contribution in [0.25, 0.3) is 11.1 Å². The number of fused-ring (bicyclic) bond motifs is 1. The number of nitrogens with zero attached hydrogens (tertiary/aromatic N) is 2. The maximum absolute atomic E-state index is 12.2. The van der Waals surface area contributed by atoms with Crippen molar-refractivity contribution in [1.82, 2.24) is 10.3 Å². The molecule has 1 aromatic heterocycles. The van der Waals surface area contributed by atoms with E-state index >= 15 is 0 Å². The van der Waals surface area contributed by atoms with Crippen LogP contribution in [-0.4, -0.2) is 15.8 Å². The van der Waals surface area contributed by atoms with Gasteiger partial charge in [0.2, 0.25) is 5.89 Å². The average molecular weight is 311 g/mol. The molecular weight excluding hydrogens is 298 g/mol. The van der Waals surface area contributed by atoms with Gasteiger partial charge in [-0.15, -0.1) is 0 Å². The topological polar surface area (TPSA) is 98.3 Å². The zero-order chi connectivity index (χ0) is 16.4. The molecule has 0 fully saturated rings. The Hall–Kier alpha value is -3.22. The van der Waals surface area contributed by atoms with Crippen LogP contribution < -0.4 is 5.32 Å². The Balaban J connectivity index is 1.74. The Morgan fingerprint density at radius 3 is 2.57 bits per heavy atom. The first kappa shape index (κ1) is 14.7. The molecule has 2 aromatic carbocycles. The molecule has 1 unspecified atom stereocenters. The number of nitrogens with one attached hydrogen (secondary N) is 1. The molecule has 7 nitrogen and oxygen atoms in total. The van der Waals surface area contributed by atoms with E-state index in [1.54, 1.807) is 13.0 Å².